The summed E-state index contributed by atoms with van der Waals surface area (Å²) < 4.78 is 0. The minimum Gasteiger partial charge on any atom is -0.310 e. The van der Waals surface area contributed by atoms with E-state index < -0.39 is 0 Å². The van der Waals surface area contributed by atoms with Gasteiger partial charge in [0.1, 0.15) is 0 Å². The number of nitrogens with one attached hydrogen (secondary N) is 1. The second kappa shape index (κ2) is 6.29. The molecule has 1 aromatic rings. The molecule has 0 aromatic heterocycles. The van der Waals surface area contributed by atoms with Crippen LogP contribution in [0.25, 0.3) is 0 Å². The van der Waals surface area contributed by atoms with Gasteiger partial charge in [-0.3, -0.25) is 0 Å². The highest BCUT2D eigenvalue weighted by molar-refractivity contribution is 6.35. The van der Waals surface area contributed by atoms with Crippen molar-refractivity contribution in [2.75, 3.05) is 5.88 Å². The van der Waals surface area contributed by atoms with Crippen LogP contribution in [0.4, 0.5) is 0 Å². The molecule has 4 heteroatoms. The van der Waals surface area contributed by atoms with Crippen LogP contribution in [0.3, 0.4) is 0 Å². The van der Waals surface area contributed by atoms with Crippen LogP contribution in [0.5, 0.6) is 0 Å². The molecule has 2 rings (SSSR count). The van der Waals surface area contributed by atoms with Gasteiger partial charge in [0, 0.05) is 28.5 Å². The second-order valence-electron chi connectivity index (χ2n) is 4.57. The average Bonchev–Trinajstić information content (AvgIpc) is 2.75. The number of benzene rings is 1. The third-order valence-electron chi connectivity index (χ3n) is 3.43. The van der Waals surface area contributed by atoms with Crippen molar-refractivity contribution in [3.05, 3.63) is 33.8 Å². The maximum Gasteiger partial charge on any atom is 0.0465 e. The molecule has 1 aromatic carbocycles. The van der Waals surface area contributed by atoms with E-state index in [2.05, 4.69) is 5.32 Å². The molecule has 1 N–H and O–H groups in total. The van der Waals surface area contributed by atoms with Crippen LogP contribution in [0, 0.1) is 5.92 Å². The molecular weight excluding hydrogens is 277 g/mol. The second-order valence-corrected chi connectivity index (χ2v) is 5.72. The third-order valence-corrected chi connectivity index (χ3v) is 4.41. The van der Waals surface area contributed by atoms with Gasteiger partial charge in [0.2, 0.25) is 0 Å². The minimum absolute atomic E-state index is 0.527. The van der Waals surface area contributed by atoms with Gasteiger partial charge in [-0.2, -0.15) is 0 Å². The van der Waals surface area contributed by atoms with Gasteiger partial charge in [0.25, 0.3) is 0 Å². The predicted molar refractivity (Wildman–Crippen MR) is 75.2 cm³/mol. The van der Waals surface area contributed by atoms with E-state index in [1.54, 1.807) is 6.07 Å². The monoisotopic (exact) mass is 291 g/mol. The Bertz CT molecular complexity index is 381. The standard InChI is InChI=1S/C13H16Cl3N/c14-7-9-2-1-3-13(9)17-8-10-4-5-11(15)6-12(10)16/h4-6,9,13,17H,1-3,7-8H2. The highest BCUT2D eigenvalue weighted by Crippen LogP contribution is 2.27. The number of halogens is 3. The zero-order valence-electron chi connectivity index (χ0n) is 9.56. The molecule has 0 aliphatic heterocycles. The van der Waals surface area contributed by atoms with E-state index in [9.17, 15) is 0 Å². The van der Waals surface area contributed by atoms with Gasteiger partial charge in [-0.15, -0.1) is 11.6 Å². The number of rotatable bonds is 4. The summed E-state index contributed by atoms with van der Waals surface area (Å²) in [6.07, 6.45) is 3.71. The van der Waals surface area contributed by atoms with Crippen molar-refractivity contribution in [2.24, 2.45) is 5.92 Å². The van der Waals surface area contributed by atoms with Crippen LogP contribution in [0.15, 0.2) is 18.2 Å². The summed E-state index contributed by atoms with van der Waals surface area (Å²) >= 11 is 18.0. The Morgan fingerprint density at radius 2 is 2.06 bits per heavy atom. The Morgan fingerprint density at radius 1 is 1.24 bits per heavy atom. The summed E-state index contributed by atoms with van der Waals surface area (Å²) in [6.45, 7) is 0.786. The molecular formula is C13H16Cl3N. The lowest BCUT2D eigenvalue weighted by Gasteiger charge is -2.19. The van der Waals surface area contributed by atoms with Crippen molar-refractivity contribution in [1.29, 1.82) is 0 Å². The van der Waals surface area contributed by atoms with Crippen LogP contribution >= 0.6 is 34.8 Å². The van der Waals surface area contributed by atoms with Crippen LogP contribution < -0.4 is 5.32 Å². The lowest BCUT2D eigenvalue weighted by atomic mass is 10.1. The Hall–Kier alpha value is 0.0500. The summed E-state index contributed by atoms with van der Waals surface area (Å²) in [5.74, 6) is 1.34. The van der Waals surface area contributed by atoms with Crippen molar-refractivity contribution in [3.8, 4) is 0 Å². The normalized spacial score (nSPS) is 24.2. The number of alkyl halides is 1. The van der Waals surface area contributed by atoms with Crippen molar-refractivity contribution in [2.45, 2.75) is 31.8 Å². The van der Waals surface area contributed by atoms with Gasteiger partial charge in [-0.1, -0.05) is 35.7 Å². The van der Waals surface area contributed by atoms with Gasteiger partial charge in [-0.25, -0.2) is 0 Å². The zero-order chi connectivity index (χ0) is 12.3. The number of hydrogen-bond donors (Lipinski definition) is 1. The summed E-state index contributed by atoms with van der Waals surface area (Å²) in [5.41, 5.74) is 1.09. The molecule has 0 radical (unpaired) electrons. The first-order chi connectivity index (χ1) is 8.20. The largest absolute Gasteiger partial charge is 0.310 e. The molecule has 2 atom stereocenters. The summed E-state index contributed by atoms with van der Waals surface area (Å²) in [6, 6.07) is 6.16. The van der Waals surface area contributed by atoms with Crippen LogP contribution in [-0.2, 0) is 6.54 Å². The predicted octanol–water partition coefficient (Wildman–Crippen LogP) is 4.49. The first kappa shape index (κ1) is 13.5. The van der Waals surface area contributed by atoms with Crippen LogP contribution in [-0.4, -0.2) is 11.9 Å². The van der Waals surface area contributed by atoms with Crippen molar-refractivity contribution in [3.63, 3.8) is 0 Å². The van der Waals surface area contributed by atoms with Gasteiger partial charge < -0.3 is 5.32 Å². The molecule has 1 saturated carbocycles. The molecule has 2 unspecified atom stereocenters. The fraction of sp³-hybridized carbons (Fsp3) is 0.538. The van der Waals surface area contributed by atoms with Gasteiger partial charge in [-0.05, 0) is 36.5 Å². The lowest BCUT2D eigenvalue weighted by Crippen LogP contribution is -2.32. The summed E-state index contributed by atoms with van der Waals surface area (Å²) in [7, 11) is 0. The Labute approximate surface area is 117 Å². The molecule has 0 bridgehead atoms. The quantitative estimate of drug-likeness (QED) is 0.806. The minimum atomic E-state index is 0.527. The summed E-state index contributed by atoms with van der Waals surface area (Å²) in [4.78, 5) is 0. The molecule has 0 spiro atoms. The molecule has 94 valence electrons. The van der Waals surface area contributed by atoms with E-state index in [0.717, 1.165) is 23.0 Å². The molecule has 1 nitrogen and oxygen atoms in total. The zero-order valence-corrected chi connectivity index (χ0v) is 11.8. The van der Waals surface area contributed by atoms with E-state index in [-0.39, 0.29) is 0 Å². The van der Waals surface area contributed by atoms with Gasteiger partial charge in [0.05, 0.1) is 0 Å². The average molecular weight is 293 g/mol. The first-order valence-corrected chi connectivity index (χ1v) is 7.23. The molecule has 1 fully saturated rings. The molecule has 0 heterocycles. The van der Waals surface area contributed by atoms with E-state index in [1.165, 1.54) is 19.3 Å². The van der Waals surface area contributed by atoms with E-state index >= 15 is 0 Å². The van der Waals surface area contributed by atoms with Gasteiger partial charge >= 0.3 is 0 Å². The topological polar surface area (TPSA) is 12.0 Å². The van der Waals surface area contributed by atoms with Crippen molar-refractivity contribution < 1.29 is 0 Å². The van der Waals surface area contributed by atoms with Crippen molar-refractivity contribution in [1.82, 2.24) is 5.32 Å². The van der Waals surface area contributed by atoms with E-state index in [1.807, 2.05) is 12.1 Å². The first-order valence-electron chi connectivity index (χ1n) is 5.94. The highest BCUT2D eigenvalue weighted by Gasteiger charge is 2.25. The van der Waals surface area contributed by atoms with Crippen molar-refractivity contribution >= 4 is 34.8 Å². The Kier molecular flexibility index (Phi) is 4.98. The third kappa shape index (κ3) is 3.51. The fourth-order valence-electron chi connectivity index (χ4n) is 2.40. The van der Waals surface area contributed by atoms with Crippen LogP contribution in [0.2, 0.25) is 10.0 Å². The fourth-order valence-corrected chi connectivity index (χ4v) is 3.24. The number of hydrogen-bond acceptors (Lipinski definition) is 1. The molecule has 0 saturated heterocycles. The summed E-state index contributed by atoms with van der Waals surface area (Å²) in [5, 5.41) is 4.95. The molecule has 0 amide bonds. The maximum atomic E-state index is 6.13. The van der Waals surface area contributed by atoms with E-state index in [4.69, 9.17) is 34.8 Å². The highest BCUT2D eigenvalue weighted by atomic mass is 35.5. The SMILES string of the molecule is ClCC1CCCC1NCc1ccc(Cl)cc1Cl. The Morgan fingerprint density at radius 3 is 2.76 bits per heavy atom. The molecule has 1 aliphatic rings. The van der Waals surface area contributed by atoms with E-state index in [0.29, 0.717) is 17.0 Å². The smallest absolute Gasteiger partial charge is 0.0465 e. The molecule has 17 heavy (non-hydrogen) atoms. The lowest BCUT2D eigenvalue weighted by molar-refractivity contribution is 0.430. The Balaban J connectivity index is 1.93. The molecule has 1 aliphatic carbocycles. The maximum absolute atomic E-state index is 6.13. The van der Waals surface area contributed by atoms with Crippen LogP contribution in [0.1, 0.15) is 24.8 Å². The van der Waals surface area contributed by atoms with Gasteiger partial charge in [0.15, 0.2) is 0 Å².